The average molecular weight is 486 g/mol. The molecule has 32 heavy (non-hydrogen) atoms. The van der Waals surface area contributed by atoms with E-state index in [-0.39, 0.29) is 0 Å². The van der Waals surface area contributed by atoms with Gasteiger partial charge in [-0.3, -0.25) is 4.90 Å². The summed E-state index contributed by atoms with van der Waals surface area (Å²) < 4.78 is 11.1. The van der Waals surface area contributed by atoms with E-state index in [1.54, 1.807) is 18.4 Å². The summed E-state index contributed by atoms with van der Waals surface area (Å²) in [6.07, 6.45) is 2.16. The van der Waals surface area contributed by atoms with Crippen LogP contribution in [0.1, 0.15) is 23.8 Å². The summed E-state index contributed by atoms with van der Waals surface area (Å²) in [5.74, 6) is 2.18. The first-order valence-corrected chi connectivity index (χ1v) is 12.2. The summed E-state index contributed by atoms with van der Waals surface area (Å²) in [5, 5.41) is 6.78. The number of halogens is 1. The second-order valence-electron chi connectivity index (χ2n) is 8.09. The minimum absolute atomic E-state index is 0.494. The molecule has 2 aromatic carbocycles. The van der Waals surface area contributed by atoms with Crippen LogP contribution in [0.3, 0.4) is 0 Å². The summed E-state index contributed by atoms with van der Waals surface area (Å²) in [6.45, 7) is 2.69. The van der Waals surface area contributed by atoms with Gasteiger partial charge in [-0.2, -0.15) is 5.10 Å². The molecule has 0 N–H and O–H groups in total. The molecule has 0 unspecified atom stereocenters. The summed E-state index contributed by atoms with van der Waals surface area (Å²) in [7, 11) is 3.64. The minimum Gasteiger partial charge on any atom is -0.497 e. The highest BCUT2D eigenvalue weighted by atomic mass is 35.5. The van der Waals surface area contributed by atoms with E-state index < -0.39 is 0 Å². The van der Waals surface area contributed by atoms with Crippen LogP contribution in [0, 0.1) is 4.77 Å². The second-order valence-corrected chi connectivity index (χ2v) is 9.95. The van der Waals surface area contributed by atoms with Gasteiger partial charge in [0, 0.05) is 36.6 Å². The Kier molecular flexibility index (Phi) is 6.03. The van der Waals surface area contributed by atoms with E-state index in [1.807, 2.05) is 52.7 Å². The molecule has 0 amide bonds. The third-order valence-electron chi connectivity index (χ3n) is 6.03. The van der Waals surface area contributed by atoms with Crippen LogP contribution < -0.4 is 4.74 Å². The highest BCUT2D eigenvalue weighted by Gasteiger charge is 2.24. The second kappa shape index (κ2) is 8.94. The highest BCUT2D eigenvalue weighted by molar-refractivity contribution is 7.71. The van der Waals surface area contributed by atoms with Crippen LogP contribution >= 0.6 is 35.2 Å². The van der Waals surface area contributed by atoms with E-state index in [2.05, 4.69) is 11.0 Å². The van der Waals surface area contributed by atoms with E-state index in [0.29, 0.717) is 12.6 Å². The zero-order chi connectivity index (χ0) is 22.2. The quantitative estimate of drug-likeness (QED) is 0.338. The van der Waals surface area contributed by atoms with Crippen LogP contribution in [0.5, 0.6) is 5.75 Å². The molecule has 9 heteroatoms. The number of fused-ring (bicyclic) bond motifs is 1. The van der Waals surface area contributed by atoms with Gasteiger partial charge in [0.2, 0.25) is 0 Å². The van der Waals surface area contributed by atoms with Crippen molar-refractivity contribution in [2.24, 2.45) is 7.05 Å². The van der Waals surface area contributed by atoms with Crippen molar-refractivity contribution >= 4 is 45.4 Å². The lowest BCUT2D eigenvalue weighted by Crippen LogP contribution is -2.34. The third kappa shape index (κ3) is 4.20. The molecule has 2 aromatic heterocycles. The molecular formula is C23H24ClN5OS2. The number of thiazole rings is 1. The molecule has 4 aromatic rings. The Labute approximate surface area is 201 Å². The van der Waals surface area contributed by atoms with Gasteiger partial charge in [0.1, 0.15) is 5.75 Å². The molecule has 166 valence electrons. The maximum atomic E-state index is 6.12. The molecule has 1 aliphatic heterocycles. The summed E-state index contributed by atoms with van der Waals surface area (Å²) in [4.78, 5) is 7.27. The number of methoxy groups -OCH3 is 1. The third-order valence-corrected chi connectivity index (χ3v) is 7.94. The first-order valence-electron chi connectivity index (χ1n) is 10.6. The van der Waals surface area contributed by atoms with Gasteiger partial charge in [-0.25, -0.2) is 9.67 Å². The zero-order valence-corrected chi connectivity index (χ0v) is 20.4. The Morgan fingerprint density at radius 3 is 2.62 bits per heavy atom. The van der Waals surface area contributed by atoms with Crippen molar-refractivity contribution in [2.75, 3.05) is 20.2 Å². The van der Waals surface area contributed by atoms with Crippen LogP contribution in [0.15, 0.2) is 42.5 Å². The Bertz CT molecular complexity index is 1300. The van der Waals surface area contributed by atoms with Crippen LogP contribution in [-0.4, -0.2) is 44.4 Å². The molecule has 1 fully saturated rings. The molecular weight excluding hydrogens is 462 g/mol. The first-order chi connectivity index (χ1) is 15.5. The minimum atomic E-state index is 0.494. The lowest BCUT2D eigenvalue weighted by Gasteiger charge is -2.30. The number of nitrogens with zero attached hydrogens (tertiary/aromatic N) is 5. The predicted molar refractivity (Wildman–Crippen MR) is 132 cm³/mol. The molecule has 0 atom stereocenters. The van der Waals surface area contributed by atoms with Crippen LogP contribution in [0.25, 0.3) is 21.6 Å². The van der Waals surface area contributed by atoms with Crippen molar-refractivity contribution in [3.63, 3.8) is 0 Å². The fourth-order valence-electron chi connectivity index (χ4n) is 4.18. The van der Waals surface area contributed by atoms with Gasteiger partial charge >= 0.3 is 0 Å². The molecule has 0 radical (unpaired) electrons. The van der Waals surface area contributed by atoms with Crippen LogP contribution in [0.4, 0.5) is 0 Å². The number of likely N-dealkylation sites (tertiary alicyclic amines) is 1. The molecule has 1 saturated heterocycles. The van der Waals surface area contributed by atoms with Gasteiger partial charge < -0.3 is 9.30 Å². The molecule has 3 heterocycles. The number of hydrogen-bond donors (Lipinski definition) is 0. The Hall–Kier alpha value is -2.26. The van der Waals surface area contributed by atoms with E-state index in [4.69, 9.17) is 38.6 Å². The lowest BCUT2D eigenvalue weighted by molar-refractivity contribution is 0.160. The van der Waals surface area contributed by atoms with Crippen LogP contribution in [0.2, 0.25) is 5.02 Å². The molecule has 0 spiro atoms. The summed E-state index contributed by atoms with van der Waals surface area (Å²) in [6, 6.07) is 13.9. The average Bonchev–Trinajstić information content (AvgIpc) is 3.36. The molecule has 1 aliphatic rings. The monoisotopic (exact) mass is 485 g/mol. The number of aromatic nitrogens is 4. The standard InChI is InChI=1S/C23H24ClN5OS2/c1-27-21(15-3-6-18(30-2)7-4-15)26-29(23(27)31)14-28-11-9-16(10-12-28)22-25-19-13-17(24)5-8-20(19)32-22/h3-8,13,16H,9-12,14H2,1-2H3. The lowest BCUT2D eigenvalue weighted by atomic mass is 9.98. The van der Waals surface area contributed by atoms with Crippen molar-refractivity contribution < 1.29 is 4.74 Å². The van der Waals surface area contributed by atoms with E-state index in [1.165, 1.54) is 9.71 Å². The molecule has 6 nitrogen and oxygen atoms in total. The van der Waals surface area contributed by atoms with E-state index in [9.17, 15) is 0 Å². The summed E-state index contributed by atoms with van der Waals surface area (Å²) >= 11 is 13.6. The van der Waals surface area contributed by atoms with Gasteiger partial charge in [-0.15, -0.1) is 11.3 Å². The molecule has 0 bridgehead atoms. The van der Waals surface area contributed by atoms with Crippen molar-refractivity contribution in [1.29, 1.82) is 0 Å². The Morgan fingerprint density at radius 2 is 1.91 bits per heavy atom. The van der Waals surface area contributed by atoms with E-state index >= 15 is 0 Å². The van der Waals surface area contributed by atoms with Crippen molar-refractivity contribution in [1.82, 2.24) is 24.2 Å². The number of piperidine rings is 1. The van der Waals surface area contributed by atoms with Gasteiger partial charge in [-0.05, 0) is 67.5 Å². The first kappa shape index (κ1) is 21.6. The number of benzene rings is 2. The highest BCUT2D eigenvalue weighted by Crippen LogP contribution is 2.34. The maximum Gasteiger partial charge on any atom is 0.199 e. The number of hydrogen-bond acceptors (Lipinski definition) is 6. The molecule has 0 aliphatic carbocycles. The fraction of sp³-hybridized carbons (Fsp3) is 0.348. The van der Waals surface area contributed by atoms with Crippen molar-refractivity contribution in [3.05, 3.63) is 57.3 Å². The SMILES string of the molecule is COc1ccc(-c2nn(CN3CCC(c4nc5cc(Cl)ccc5s4)CC3)c(=S)n2C)cc1. The largest absolute Gasteiger partial charge is 0.497 e. The zero-order valence-electron chi connectivity index (χ0n) is 18.0. The molecule has 5 rings (SSSR count). The number of rotatable bonds is 5. The smallest absolute Gasteiger partial charge is 0.199 e. The van der Waals surface area contributed by atoms with Crippen molar-refractivity contribution in [2.45, 2.75) is 25.4 Å². The van der Waals surface area contributed by atoms with Crippen LogP contribution in [-0.2, 0) is 13.7 Å². The normalized spacial score (nSPS) is 15.5. The predicted octanol–water partition coefficient (Wildman–Crippen LogP) is 5.73. The van der Waals surface area contributed by atoms with Gasteiger partial charge in [0.15, 0.2) is 10.6 Å². The Balaban J connectivity index is 1.27. The van der Waals surface area contributed by atoms with Gasteiger partial charge in [0.05, 0.1) is 29.0 Å². The summed E-state index contributed by atoms with van der Waals surface area (Å²) in [5.41, 5.74) is 2.03. The van der Waals surface area contributed by atoms with Crippen molar-refractivity contribution in [3.8, 4) is 17.1 Å². The number of ether oxygens (including phenoxy) is 1. The molecule has 0 saturated carbocycles. The van der Waals surface area contributed by atoms with Gasteiger partial charge in [-0.1, -0.05) is 11.6 Å². The topological polar surface area (TPSA) is 48.1 Å². The van der Waals surface area contributed by atoms with E-state index in [0.717, 1.165) is 58.4 Å². The van der Waals surface area contributed by atoms with Gasteiger partial charge in [0.25, 0.3) is 0 Å². The fourth-order valence-corrected chi connectivity index (χ4v) is 5.64. The maximum absolute atomic E-state index is 6.12. The Morgan fingerprint density at radius 1 is 1.16 bits per heavy atom.